The lowest BCUT2D eigenvalue weighted by Gasteiger charge is -2.37. The van der Waals surface area contributed by atoms with Crippen molar-refractivity contribution >= 4 is 23.5 Å². The molecule has 4 amide bonds. The molecule has 9 nitrogen and oxygen atoms in total. The molecule has 1 aliphatic carbocycles. The lowest BCUT2D eigenvalue weighted by molar-refractivity contribution is -0.134. The lowest BCUT2D eigenvalue weighted by Crippen LogP contribution is -2.46. The first-order valence-corrected chi connectivity index (χ1v) is 10.5. The van der Waals surface area contributed by atoms with Crippen LogP contribution in [0.3, 0.4) is 0 Å². The number of rotatable bonds is 6. The summed E-state index contributed by atoms with van der Waals surface area (Å²) < 4.78 is 1.99. The normalized spacial score (nSPS) is 20.4. The second-order valence-corrected chi connectivity index (χ2v) is 9.01. The highest BCUT2D eigenvalue weighted by molar-refractivity contribution is 6.08. The predicted octanol–water partition coefficient (Wildman–Crippen LogP) is 1.67. The molecule has 0 bridgehead atoms. The Morgan fingerprint density at radius 2 is 1.93 bits per heavy atom. The molecule has 0 unspecified atom stereocenters. The molecular weight excluding hydrogens is 384 g/mol. The molecule has 1 aliphatic heterocycles. The quantitative estimate of drug-likeness (QED) is 0.702. The van der Waals surface area contributed by atoms with Crippen molar-refractivity contribution in [3.8, 4) is 0 Å². The molecule has 9 heteroatoms. The smallest absolute Gasteiger partial charge is 0.325 e. The van der Waals surface area contributed by atoms with E-state index in [9.17, 15) is 14.4 Å². The number of carbonyl (C=O) groups excluding carboxylic acids is 3. The highest BCUT2D eigenvalue weighted by Gasteiger charge is 2.45. The van der Waals surface area contributed by atoms with E-state index in [2.05, 4.69) is 20.8 Å². The number of nitrogens with zero attached hydrogens (tertiary/aromatic N) is 4. The van der Waals surface area contributed by atoms with Crippen molar-refractivity contribution in [2.24, 2.45) is 5.41 Å². The lowest BCUT2D eigenvalue weighted by atomic mass is 9.71. The first kappa shape index (κ1) is 20.3. The number of hydrogen-bond donors (Lipinski definition) is 2. The Morgan fingerprint density at radius 1 is 1.17 bits per heavy atom. The molecule has 160 valence electrons. The van der Waals surface area contributed by atoms with E-state index >= 15 is 0 Å². The first-order valence-electron chi connectivity index (χ1n) is 10.5. The molecule has 0 radical (unpaired) electrons. The minimum Gasteiger partial charge on any atom is -0.354 e. The monoisotopic (exact) mass is 412 g/mol. The van der Waals surface area contributed by atoms with Gasteiger partial charge in [0.2, 0.25) is 5.91 Å². The molecule has 0 aromatic carbocycles. The topological polar surface area (TPSA) is 109 Å². The average Bonchev–Trinajstić information content (AvgIpc) is 3.21. The third-order valence-electron chi connectivity index (χ3n) is 6.24. The van der Waals surface area contributed by atoms with Crippen LogP contribution in [0, 0.1) is 5.41 Å². The molecular formula is C21H28N6O3. The number of carbonyl (C=O) groups is 3. The summed E-state index contributed by atoms with van der Waals surface area (Å²) in [5, 5.41) is 14.2. The van der Waals surface area contributed by atoms with E-state index in [1.165, 1.54) is 6.42 Å². The number of imide groups is 1. The molecule has 0 spiro atoms. The van der Waals surface area contributed by atoms with Gasteiger partial charge in [-0.3, -0.25) is 18.9 Å². The zero-order valence-electron chi connectivity index (χ0n) is 17.5. The van der Waals surface area contributed by atoms with Crippen molar-refractivity contribution in [1.29, 1.82) is 0 Å². The zero-order valence-corrected chi connectivity index (χ0v) is 17.5. The van der Waals surface area contributed by atoms with E-state index in [-0.39, 0.29) is 23.8 Å². The van der Waals surface area contributed by atoms with Gasteiger partial charge in [-0.15, -0.1) is 10.2 Å². The average molecular weight is 412 g/mol. The van der Waals surface area contributed by atoms with E-state index in [0.29, 0.717) is 13.0 Å². The van der Waals surface area contributed by atoms with Gasteiger partial charge in [-0.25, -0.2) is 4.79 Å². The second kappa shape index (κ2) is 7.70. The van der Waals surface area contributed by atoms with Crippen molar-refractivity contribution in [2.75, 3.05) is 13.1 Å². The van der Waals surface area contributed by atoms with E-state index < -0.39 is 11.6 Å². The molecule has 2 aliphatic rings. The largest absolute Gasteiger partial charge is 0.354 e. The summed E-state index contributed by atoms with van der Waals surface area (Å²) in [5.41, 5.74) is -0.274. The van der Waals surface area contributed by atoms with Gasteiger partial charge >= 0.3 is 6.03 Å². The Balaban J connectivity index is 1.44. The summed E-state index contributed by atoms with van der Waals surface area (Å²) in [7, 11) is 0. The van der Waals surface area contributed by atoms with Crippen LogP contribution in [0.1, 0.15) is 51.8 Å². The minimum atomic E-state index is -0.976. The third kappa shape index (κ3) is 3.88. The summed E-state index contributed by atoms with van der Waals surface area (Å²) in [4.78, 5) is 37.9. The number of amides is 4. The summed E-state index contributed by atoms with van der Waals surface area (Å²) in [6, 6.07) is 5.28. The second-order valence-electron chi connectivity index (χ2n) is 9.01. The van der Waals surface area contributed by atoms with E-state index in [0.717, 1.165) is 42.1 Å². The SMILES string of the molecule is CC1(C)NC(=O)N(CC(=O)NCC2(Cc3nnc4ccccn34)CCCCC2)C1=O. The van der Waals surface area contributed by atoms with E-state index in [1.807, 2.05) is 28.8 Å². The van der Waals surface area contributed by atoms with Gasteiger partial charge in [-0.05, 0) is 44.2 Å². The molecule has 30 heavy (non-hydrogen) atoms. The number of hydrogen-bond acceptors (Lipinski definition) is 5. The van der Waals surface area contributed by atoms with Crippen molar-refractivity contribution in [2.45, 2.75) is 57.9 Å². The fourth-order valence-corrected chi connectivity index (χ4v) is 4.51. The summed E-state index contributed by atoms with van der Waals surface area (Å²) in [5.74, 6) is 0.176. The van der Waals surface area contributed by atoms with Crippen LogP contribution in [0.15, 0.2) is 24.4 Å². The molecule has 2 aromatic heterocycles. The number of aromatic nitrogens is 3. The van der Waals surface area contributed by atoms with Crippen molar-refractivity contribution in [3.63, 3.8) is 0 Å². The maximum Gasteiger partial charge on any atom is 0.325 e. The van der Waals surface area contributed by atoms with Crippen LogP contribution in [-0.2, 0) is 16.0 Å². The number of urea groups is 1. The third-order valence-corrected chi connectivity index (χ3v) is 6.24. The van der Waals surface area contributed by atoms with Gasteiger partial charge in [-0.2, -0.15) is 0 Å². The van der Waals surface area contributed by atoms with Crippen LogP contribution in [-0.4, -0.2) is 56.0 Å². The Bertz CT molecular complexity index is 976. The van der Waals surface area contributed by atoms with Crippen LogP contribution in [0.25, 0.3) is 5.65 Å². The molecule has 0 atom stereocenters. The van der Waals surface area contributed by atoms with E-state index in [1.54, 1.807) is 13.8 Å². The van der Waals surface area contributed by atoms with Gasteiger partial charge in [0, 0.05) is 19.2 Å². The van der Waals surface area contributed by atoms with Gasteiger partial charge in [0.25, 0.3) is 5.91 Å². The Kier molecular flexibility index (Phi) is 5.21. The Labute approximate surface area is 175 Å². The van der Waals surface area contributed by atoms with Crippen LogP contribution in [0.5, 0.6) is 0 Å². The minimum absolute atomic E-state index is 0.108. The number of pyridine rings is 1. The van der Waals surface area contributed by atoms with E-state index in [4.69, 9.17) is 0 Å². The molecule has 1 saturated carbocycles. The predicted molar refractivity (Wildman–Crippen MR) is 110 cm³/mol. The van der Waals surface area contributed by atoms with Crippen molar-refractivity contribution < 1.29 is 14.4 Å². The number of nitrogens with one attached hydrogen (secondary N) is 2. The highest BCUT2D eigenvalue weighted by Crippen LogP contribution is 2.38. The standard InChI is InChI=1S/C21H28N6O3/c1-20(2)18(29)27(19(30)23-20)13-17(28)22-14-21(9-5-3-6-10-21)12-16-25-24-15-8-4-7-11-26(15)16/h4,7-8,11H,3,5-6,9-10,12-14H2,1-2H3,(H,22,28)(H,23,30). The van der Waals surface area contributed by atoms with Crippen molar-refractivity contribution in [1.82, 2.24) is 30.1 Å². The van der Waals surface area contributed by atoms with Crippen LogP contribution in [0.4, 0.5) is 4.79 Å². The van der Waals surface area contributed by atoms with Gasteiger partial charge < -0.3 is 10.6 Å². The van der Waals surface area contributed by atoms with Gasteiger partial charge in [0.05, 0.1) is 0 Å². The zero-order chi connectivity index (χ0) is 21.4. The molecule has 2 N–H and O–H groups in total. The molecule has 2 fully saturated rings. The van der Waals surface area contributed by atoms with Gasteiger partial charge in [-0.1, -0.05) is 25.3 Å². The molecule has 4 rings (SSSR count). The van der Waals surface area contributed by atoms with Gasteiger partial charge in [0.15, 0.2) is 5.65 Å². The Morgan fingerprint density at radius 3 is 2.63 bits per heavy atom. The van der Waals surface area contributed by atoms with Crippen molar-refractivity contribution in [3.05, 3.63) is 30.2 Å². The first-order chi connectivity index (χ1) is 14.3. The molecule has 2 aromatic rings. The fraction of sp³-hybridized carbons (Fsp3) is 0.571. The molecule has 1 saturated heterocycles. The summed E-state index contributed by atoms with van der Waals surface area (Å²) >= 11 is 0. The summed E-state index contributed by atoms with van der Waals surface area (Å²) in [6.07, 6.45) is 8.06. The van der Waals surface area contributed by atoms with Crippen LogP contribution >= 0.6 is 0 Å². The van der Waals surface area contributed by atoms with Crippen LogP contribution < -0.4 is 10.6 Å². The maximum atomic E-state index is 12.6. The van der Waals surface area contributed by atoms with Crippen LogP contribution in [0.2, 0.25) is 0 Å². The summed E-state index contributed by atoms with van der Waals surface area (Å²) in [6.45, 7) is 3.48. The fourth-order valence-electron chi connectivity index (χ4n) is 4.51. The highest BCUT2D eigenvalue weighted by atomic mass is 16.2. The molecule has 3 heterocycles. The number of fused-ring (bicyclic) bond motifs is 1. The Hall–Kier alpha value is -2.97. The van der Waals surface area contributed by atoms with Gasteiger partial charge in [0.1, 0.15) is 17.9 Å². The maximum absolute atomic E-state index is 12.6.